The van der Waals surface area contributed by atoms with Crippen molar-refractivity contribution in [1.29, 1.82) is 0 Å². The predicted molar refractivity (Wildman–Crippen MR) is 437 cm³/mol. The number of carbonyl (C=O) groups is 4. The van der Waals surface area contributed by atoms with Gasteiger partial charge < -0.3 is 33.8 Å². The maximum Gasteiger partial charge on any atom is 0.472 e. The van der Waals surface area contributed by atoms with Gasteiger partial charge in [0.2, 0.25) is 0 Å². The minimum Gasteiger partial charge on any atom is -0.462 e. The van der Waals surface area contributed by atoms with Crippen LogP contribution in [0.5, 0.6) is 0 Å². The van der Waals surface area contributed by atoms with E-state index in [9.17, 15) is 43.2 Å². The van der Waals surface area contributed by atoms with E-state index in [0.29, 0.717) is 25.7 Å². The summed E-state index contributed by atoms with van der Waals surface area (Å²) in [7, 11) is -9.93. The molecular weight excluding hydrogens is 1380 g/mol. The van der Waals surface area contributed by atoms with Gasteiger partial charge in [0.1, 0.15) is 19.3 Å². The molecule has 0 aliphatic rings. The van der Waals surface area contributed by atoms with Gasteiger partial charge in [-0.15, -0.1) is 0 Å². The third-order valence-electron chi connectivity index (χ3n) is 20.9. The van der Waals surface area contributed by atoms with Crippen molar-refractivity contribution in [2.75, 3.05) is 39.6 Å². The summed E-state index contributed by atoms with van der Waals surface area (Å²) in [5.41, 5.74) is 0. The Morgan fingerprint density at radius 2 is 0.453 bits per heavy atom. The molecule has 0 aromatic rings. The Morgan fingerprint density at radius 1 is 0.264 bits per heavy atom. The van der Waals surface area contributed by atoms with Crippen LogP contribution in [0.3, 0.4) is 0 Å². The number of carbonyl (C=O) groups excluding carboxylic acids is 4. The van der Waals surface area contributed by atoms with Crippen LogP contribution in [0.1, 0.15) is 471 Å². The molecule has 17 nitrogen and oxygen atoms in total. The lowest BCUT2D eigenvalue weighted by atomic mass is 9.99. The lowest BCUT2D eigenvalue weighted by Gasteiger charge is -2.21. The maximum absolute atomic E-state index is 13.2. The fraction of sp³-hybridized carbons (Fsp3) is 0.954. The number of rotatable bonds is 87. The van der Waals surface area contributed by atoms with E-state index < -0.39 is 97.5 Å². The van der Waals surface area contributed by atoms with E-state index in [1.807, 2.05) is 0 Å². The van der Waals surface area contributed by atoms with Crippen molar-refractivity contribution < 1.29 is 80.2 Å². The minimum absolute atomic E-state index is 0.109. The van der Waals surface area contributed by atoms with Gasteiger partial charge in [-0.2, -0.15) is 0 Å². The number of ether oxygens (including phenoxy) is 4. The highest BCUT2D eigenvalue weighted by Gasteiger charge is 2.30. The Kier molecular flexibility index (Phi) is 78.2. The summed E-state index contributed by atoms with van der Waals surface area (Å²) in [4.78, 5) is 73.2. The Bertz CT molecular complexity index is 2020. The number of hydrogen-bond acceptors (Lipinski definition) is 15. The second-order valence-corrected chi connectivity index (χ2v) is 34.4. The van der Waals surface area contributed by atoms with Gasteiger partial charge in [0.05, 0.1) is 26.4 Å². The number of unbranched alkanes of at least 4 members (excludes halogenated alkanes) is 58. The van der Waals surface area contributed by atoms with Crippen molar-refractivity contribution in [3.63, 3.8) is 0 Å². The molecule has 0 spiro atoms. The molecule has 106 heavy (non-hydrogen) atoms. The molecule has 0 fully saturated rings. The van der Waals surface area contributed by atoms with Crippen LogP contribution in [-0.4, -0.2) is 96.7 Å². The van der Waals surface area contributed by atoms with Gasteiger partial charge >= 0.3 is 39.5 Å². The van der Waals surface area contributed by atoms with Crippen molar-refractivity contribution in [3.8, 4) is 0 Å². The Hall–Kier alpha value is -1.94. The summed E-state index contributed by atoms with van der Waals surface area (Å²) >= 11 is 0. The quantitative estimate of drug-likeness (QED) is 0.0222. The third kappa shape index (κ3) is 78.7. The molecule has 0 radical (unpaired) electrons. The molecule has 3 unspecified atom stereocenters. The van der Waals surface area contributed by atoms with Crippen LogP contribution in [0.25, 0.3) is 0 Å². The molecule has 3 N–H and O–H groups in total. The molecule has 0 aromatic carbocycles. The fourth-order valence-corrected chi connectivity index (χ4v) is 15.2. The second-order valence-electron chi connectivity index (χ2n) is 31.5. The molecule has 0 amide bonds. The van der Waals surface area contributed by atoms with Crippen molar-refractivity contribution >= 4 is 39.5 Å². The van der Waals surface area contributed by atoms with Crippen LogP contribution in [0.15, 0.2) is 0 Å². The molecule has 0 bridgehead atoms. The first-order chi connectivity index (χ1) is 51.6. The van der Waals surface area contributed by atoms with E-state index in [0.717, 1.165) is 95.8 Å². The smallest absolute Gasteiger partial charge is 0.462 e. The largest absolute Gasteiger partial charge is 0.472 e. The van der Waals surface area contributed by atoms with Gasteiger partial charge in [-0.1, -0.05) is 420 Å². The first-order valence-electron chi connectivity index (χ1n) is 45.2. The van der Waals surface area contributed by atoms with Crippen molar-refractivity contribution in [3.05, 3.63) is 0 Å². The SMILES string of the molecule is CCCCCCCCCCCCCCCCCCCCCCCC(=O)O[C@H](COC(=O)CCCCCCCCCCCCCCCCC(C)CC)COP(=O)(O)OC[C@@H](O)COP(=O)(O)OC[C@@H](COC(=O)CCCCCCCCCCCC)OC(=O)CCCCCCCCCCCCCCCCCCC. The minimum atomic E-state index is -4.97. The summed E-state index contributed by atoms with van der Waals surface area (Å²) in [5.74, 6) is -1.25. The zero-order chi connectivity index (χ0) is 77.6. The molecule has 630 valence electrons. The monoisotopic (exact) mass is 1550 g/mol. The molecule has 0 saturated heterocycles. The van der Waals surface area contributed by atoms with E-state index in [1.54, 1.807) is 0 Å². The topological polar surface area (TPSA) is 237 Å². The Balaban J connectivity index is 5.22. The highest BCUT2D eigenvalue weighted by atomic mass is 31.2. The molecule has 6 atom stereocenters. The van der Waals surface area contributed by atoms with Gasteiger partial charge in [-0.3, -0.25) is 37.3 Å². The third-order valence-corrected chi connectivity index (χ3v) is 22.8. The maximum atomic E-state index is 13.2. The van der Waals surface area contributed by atoms with Gasteiger partial charge in [0, 0.05) is 25.7 Å². The Labute approximate surface area is 651 Å². The van der Waals surface area contributed by atoms with Crippen molar-refractivity contribution in [1.82, 2.24) is 0 Å². The average molecular weight is 1550 g/mol. The highest BCUT2D eigenvalue weighted by molar-refractivity contribution is 7.47. The number of aliphatic hydroxyl groups is 1. The second kappa shape index (κ2) is 79.7. The zero-order valence-electron chi connectivity index (χ0n) is 69.6. The predicted octanol–water partition coefficient (Wildman–Crippen LogP) is 26.8. The zero-order valence-corrected chi connectivity index (χ0v) is 71.4. The van der Waals surface area contributed by atoms with Crippen LogP contribution in [-0.2, 0) is 65.4 Å². The van der Waals surface area contributed by atoms with Gasteiger partial charge in [0.25, 0.3) is 0 Å². The van der Waals surface area contributed by atoms with Crippen LogP contribution in [0.2, 0.25) is 0 Å². The number of hydrogen-bond donors (Lipinski definition) is 3. The van der Waals surface area contributed by atoms with E-state index >= 15 is 0 Å². The standard InChI is InChI=1S/C87H170O17P2/c1-6-10-13-16-19-22-25-27-29-31-32-33-34-36-38-44-48-53-58-63-68-73-87(92)104-83(77-98-85(90)71-66-61-56-51-46-42-40-39-41-45-49-54-59-64-69-80(5)9-4)79-102-106(95,96)100-75-81(88)74-99-105(93,94)101-78-82(76-97-84(89)70-65-60-55-50-24-21-18-15-12-8-3)103-86(91)72-67-62-57-52-47-43-37-35-30-28-26-23-20-17-14-11-7-2/h80-83,88H,6-79H2,1-5H3,(H,93,94)(H,95,96)/t80?,81-,82+,83+/m0/s1. The molecule has 0 aliphatic carbocycles. The van der Waals surface area contributed by atoms with E-state index in [2.05, 4.69) is 34.6 Å². The first-order valence-corrected chi connectivity index (χ1v) is 48.2. The molecule has 0 rings (SSSR count). The molecule has 0 aromatic heterocycles. The number of esters is 4. The molecule has 19 heteroatoms. The molecular formula is C87H170O17P2. The van der Waals surface area contributed by atoms with Gasteiger partial charge in [-0.25, -0.2) is 9.13 Å². The van der Waals surface area contributed by atoms with Crippen molar-refractivity contribution in [2.24, 2.45) is 5.92 Å². The highest BCUT2D eigenvalue weighted by Crippen LogP contribution is 2.45. The normalized spacial score (nSPS) is 14.0. The summed E-state index contributed by atoms with van der Waals surface area (Å²) < 4.78 is 68.9. The Morgan fingerprint density at radius 3 is 0.670 bits per heavy atom. The molecule has 0 heterocycles. The number of aliphatic hydroxyl groups excluding tert-OH is 1. The van der Waals surface area contributed by atoms with E-state index in [1.165, 1.54) is 295 Å². The number of phosphoric ester groups is 2. The van der Waals surface area contributed by atoms with Crippen LogP contribution < -0.4 is 0 Å². The summed E-state index contributed by atoms with van der Waals surface area (Å²) in [5, 5.41) is 10.7. The summed E-state index contributed by atoms with van der Waals surface area (Å²) in [6, 6.07) is 0. The van der Waals surface area contributed by atoms with Crippen LogP contribution in [0, 0.1) is 5.92 Å². The summed E-state index contributed by atoms with van der Waals surface area (Å²) in [6.45, 7) is 7.42. The van der Waals surface area contributed by atoms with Crippen molar-refractivity contribution in [2.45, 2.75) is 490 Å². The fourth-order valence-electron chi connectivity index (χ4n) is 13.6. The molecule has 0 saturated carbocycles. The van der Waals surface area contributed by atoms with E-state index in [4.69, 9.17) is 37.0 Å². The average Bonchev–Trinajstić information content (AvgIpc) is 0.902. The summed E-state index contributed by atoms with van der Waals surface area (Å²) in [6.07, 6.45) is 73.5. The van der Waals surface area contributed by atoms with Gasteiger partial charge in [-0.05, 0) is 31.6 Å². The van der Waals surface area contributed by atoms with E-state index in [-0.39, 0.29) is 25.7 Å². The first kappa shape index (κ1) is 104. The number of phosphoric acid groups is 2. The lowest BCUT2D eigenvalue weighted by Crippen LogP contribution is -2.30. The van der Waals surface area contributed by atoms with Crippen LogP contribution >= 0.6 is 15.6 Å². The van der Waals surface area contributed by atoms with Gasteiger partial charge in [0.15, 0.2) is 12.2 Å². The molecule has 0 aliphatic heterocycles. The van der Waals surface area contributed by atoms with Crippen LogP contribution in [0.4, 0.5) is 0 Å². The lowest BCUT2D eigenvalue weighted by molar-refractivity contribution is -0.161.